The van der Waals surface area contributed by atoms with Crippen molar-refractivity contribution in [3.63, 3.8) is 0 Å². The second-order valence-electron chi connectivity index (χ2n) is 4.53. The molecule has 1 saturated heterocycles. The van der Waals surface area contributed by atoms with Gasteiger partial charge in [-0.15, -0.1) is 0 Å². The lowest BCUT2D eigenvalue weighted by Gasteiger charge is -2.25. The van der Waals surface area contributed by atoms with Gasteiger partial charge in [-0.1, -0.05) is 0 Å². The van der Waals surface area contributed by atoms with Crippen LogP contribution >= 0.6 is 0 Å². The van der Waals surface area contributed by atoms with Gasteiger partial charge >= 0.3 is 12.2 Å². The van der Waals surface area contributed by atoms with Crippen molar-refractivity contribution in [3.05, 3.63) is 0 Å². The van der Waals surface area contributed by atoms with Crippen LogP contribution in [0.3, 0.4) is 0 Å². The second kappa shape index (κ2) is 6.74. The van der Waals surface area contributed by atoms with Gasteiger partial charge in [0.15, 0.2) is 6.61 Å². The first-order valence-corrected chi connectivity index (χ1v) is 6.74. The van der Waals surface area contributed by atoms with Crippen LogP contribution in [0.1, 0.15) is 6.92 Å². The minimum Gasteiger partial charge on any atom is -0.454 e. The zero-order chi connectivity index (χ0) is 15.3. The Kier molecular flexibility index (Phi) is 4.99. The summed E-state index contributed by atoms with van der Waals surface area (Å²) < 4.78 is 41.3. The van der Waals surface area contributed by atoms with E-state index in [0.717, 1.165) is 26.2 Å². The largest absolute Gasteiger partial charge is 0.454 e. The normalized spacial score (nSPS) is 15.9. The number of anilines is 2. The van der Waals surface area contributed by atoms with E-state index in [9.17, 15) is 13.2 Å². The van der Waals surface area contributed by atoms with Gasteiger partial charge in [-0.25, -0.2) is 0 Å². The third kappa shape index (κ3) is 4.88. The maximum Gasteiger partial charge on any atom is 0.422 e. The van der Waals surface area contributed by atoms with Gasteiger partial charge < -0.3 is 20.3 Å². The molecule has 0 bridgehead atoms. The summed E-state index contributed by atoms with van der Waals surface area (Å²) >= 11 is 0. The molecule has 1 fully saturated rings. The molecule has 0 spiro atoms. The standard InChI is InChI=1S/C11H17F3N6O/c1-2-16-8-17-9(20-5-3-15-4-6-20)19-10(18-8)21-7-11(12,13)14/h15H,2-7H2,1H3,(H,16,17,18,19)/p+1. The number of alkyl halides is 3. The van der Waals surface area contributed by atoms with Crippen LogP contribution < -0.4 is 20.3 Å². The van der Waals surface area contributed by atoms with Crippen LogP contribution in [0.4, 0.5) is 25.1 Å². The van der Waals surface area contributed by atoms with Gasteiger partial charge in [0, 0.05) is 6.54 Å². The number of nitrogens with one attached hydrogen (secondary N) is 1. The highest BCUT2D eigenvalue weighted by Crippen LogP contribution is 2.19. The Morgan fingerprint density at radius 3 is 2.57 bits per heavy atom. The van der Waals surface area contributed by atoms with Crippen LogP contribution in [0.15, 0.2) is 0 Å². The molecule has 0 saturated carbocycles. The molecule has 3 N–H and O–H groups in total. The van der Waals surface area contributed by atoms with Crippen molar-refractivity contribution in [1.82, 2.24) is 15.0 Å². The lowest BCUT2D eigenvalue weighted by molar-refractivity contribution is -0.655. The summed E-state index contributed by atoms with van der Waals surface area (Å²) in [5.74, 6) is 0.556. The number of halogens is 3. The van der Waals surface area contributed by atoms with Crippen molar-refractivity contribution in [3.8, 4) is 6.01 Å². The van der Waals surface area contributed by atoms with E-state index in [2.05, 4.69) is 30.3 Å². The molecular formula is C11H18F3N6O+. The van der Waals surface area contributed by atoms with Crippen molar-refractivity contribution < 1.29 is 23.2 Å². The van der Waals surface area contributed by atoms with Gasteiger partial charge in [-0.3, -0.25) is 0 Å². The van der Waals surface area contributed by atoms with Crippen LogP contribution in [-0.2, 0) is 0 Å². The first-order chi connectivity index (χ1) is 9.98. The summed E-state index contributed by atoms with van der Waals surface area (Å²) in [7, 11) is 0. The quantitative estimate of drug-likeness (QED) is 0.772. The maximum absolute atomic E-state index is 12.2. The molecule has 1 aliphatic rings. The Labute approximate surface area is 119 Å². The van der Waals surface area contributed by atoms with E-state index >= 15 is 0 Å². The molecule has 10 heteroatoms. The third-order valence-electron chi connectivity index (χ3n) is 2.79. The summed E-state index contributed by atoms with van der Waals surface area (Å²) in [4.78, 5) is 13.9. The van der Waals surface area contributed by atoms with Crippen LogP contribution in [0.25, 0.3) is 0 Å². The predicted molar refractivity (Wildman–Crippen MR) is 69.4 cm³/mol. The van der Waals surface area contributed by atoms with Crippen molar-refractivity contribution in [2.45, 2.75) is 13.1 Å². The Hall–Kier alpha value is -1.84. The number of piperazine rings is 1. The lowest BCUT2D eigenvalue weighted by Crippen LogP contribution is -2.89. The summed E-state index contributed by atoms with van der Waals surface area (Å²) in [6, 6.07) is -0.317. The zero-order valence-corrected chi connectivity index (χ0v) is 11.7. The highest BCUT2D eigenvalue weighted by atomic mass is 19.4. The predicted octanol–water partition coefficient (Wildman–Crippen LogP) is -0.372. The average Bonchev–Trinajstić information content (AvgIpc) is 2.46. The first-order valence-electron chi connectivity index (χ1n) is 6.74. The minimum atomic E-state index is -4.43. The summed E-state index contributed by atoms with van der Waals surface area (Å²) in [6.07, 6.45) is -4.43. The summed E-state index contributed by atoms with van der Waals surface area (Å²) in [6.45, 7) is 4.21. The van der Waals surface area contributed by atoms with Crippen molar-refractivity contribution in [1.29, 1.82) is 0 Å². The summed E-state index contributed by atoms with van der Waals surface area (Å²) in [5, 5.41) is 5.02. The van der Waals surface area contributed by atoms with Crippen molar-refractivity contribution >= 4 is 11.9 Å². The molecule has 118 valence electrons. The molecule has 0 atom stereocenters. The number of aromatic nitrogens is 3. The number of nitrogens with zero attached hydrogens (tertiary/aromatic N) is 4. The molecule has 1 aromatic heterocycles. The molecule has 0 radical (unpaired) electrons. The molecule has 0 aliphatic carbocycles. The topological polar surface area (TPSA) is 79.8 Å². The van der Waals surface area contributed by atoms with Crippen LogP contribution in [-0.4, -0.2) is 60.5 Å². The lowest BCUT2D eigenvalue weighted by atomic mass is 10.4. The molecule has 1 aliphatic heterocycles. The zero-order valence-electron chi connectivity index (χ0n) is 11.7. The molecule has 0 amide bonds. The van der Waals surface area contributed by atoms with Gasteiger partial charge in [-0.05, 0) is 6.92 Å². The highest BCUT2D eigenvalue weighted by molar-refractivity contribution is 5.38. The van der Waals surface area contributed by atoms with Crippen molar-refractivity contribution in [2.24, 2.45) is 0 Å². The van der Waals surface area contributed by atoms with Gasteiger partial charge in [0.1, 0.15) is 0 Å². The number of nitrogens with two attached hydrogens (primary N) is 1. The SMILES string of the molecule is CCNc1nc(OCC(F)(F)F)nc(N2CC[NH2+]CC2)n1. The molecule has 2 rings (SSSR count). The van der Waals surface area contributed by atoms with Crippen LogP contribution in [0.5, 0.6) is 6.01 Å². The van der Waals surface area contributed by atoms with E-state index in [0.29, 0.717) is 12.5 Å². The molecule has 1 aromatic rings. The molecule has 0 unspecified atom stereocenters. The highest BCUT2D eigenvalue weighted by Gasteiger charge is 2.29. The number of rotatable bonds is 5. The molecular weight excluding hydrogens is 289 g/mol. The van der Waals surface area contributed by atoms with E-state index in [1.807, 2.05) is 11.8 Å². The fraction of sp³-hybridized carbons (Fsp3) is 0.727. The number of hydrogen-bond donors (Lipinski definition) is 2. The first kappa shape index (κ1) is 15.5. The van der Waals surface area contributed by atoms with E-state index in [1.54, 1.807) is 0 Å². The van der Waals surface area contributed by atoms with Gasteiger partial charge in [-0.2, -0.15) is 28.1 Å². The molecule has 7 nitrogen and oxygen atoms in total. The molecule has 21 heavy (non-hydrogen) atoms. The monoisotopic (exact) mass is 307 g/mol. The minimum absolute atomic E-state index is 0.217. The van der Waals surface area contributed by atoms with E-state index in [-0.39, 0.29) is 12.0 Å². The molecule has 2 heterocycles. The fourth-order valence-corrected chi connectivity index (χ4v) is 1.89. The average molecular weight is 307 g/mol. The fourth-order valence-electron chi connectivity index (χ4n) is 1.89. The number of hydrogen-bond acceptors (Lipinski definition) is 6. The maximum atomic E-state index is 12.2. The Balaban J connectivity index is 2.16. The Morgan fingerprint density at radius 2 is 1.95 bits per heavy atom. The number of ether oxygens (including phenoxy) is 1. The van der Waals surface area contributed by atoms with Crippen LogP contribution in [0.2, 0.25) is 0 Å². The second-order valence-corrected chi connectivity index (χ2v) is 4.53. The smallest absolute Gasteiger partial charge is 0.422 e. The molecule has 0 aromatic carbocycles. The van der Waals surface area contributed by atoms with Gasteiger partial charge in [0.25, 0.3) is 0 Å². The number of quaternary nitrogens is 1. The Bertz CT molecular complexity index is 464. The van der Waals surface area contributed by atoms with Crippen molar-refractivity contribution in [2.75, 3.05) is 49.5 Å². The van der Waals surface area contributed by atoms with E-state index in [1.165, 1.54) is 0 Å². The third-order valence-corrected chi connectivity index (χ3v) is 2.79. The van der Waals surface area contributed by atoms with E-state index < -0.39 is 12.8 Å². The van der Waals surface area contributed by atoms with E-state index in [4.69, 9.17) is 0 Å². The van der Waals surface area contributed by atoms with Gasteiger partial charge in [0.2, 0.25) is 11.9 Å². The summed E-state index contributed by atoms with van der Waals surface area (Å²) in [5.41, 5.74) is 0. The van der Waals surface area contributed by atoms with Gasteiger partial charge in [0.05, 0.1) is 26.2 Å². The Morgan fingerprint density at radius 1 is 1.24 bits per heavy atom. The van der Waals surface area contributed by atoms with Crippen LogP contribution in [0, 0.1) is 0 Å².